The fourth-order valence-corrected chi connectivity index (χ4v) is 3.47. The average molecular weight is 337 g/mol. The Kier molecular flexibility index (Phi) is 4.61. The molecule has 6 nitrogen and oxygen atoms in total. The zero-order valence-electron chi connectivity index (χ0n) is 14.5. The van der Waals surface area contributed by atoms with Crippen LogP contribution in [0.2, 0.25) is 0 Å². The van der Waals surface area contributed by atoms with E-state index in [1.807, 2.05) is 4.68 Å². The molecule has 0 bridgehead atoms. The lowest BCUT2D eigenvalue weighted by atomic mass is 10.0. The van der Waals surface area contributed by atoms with Crippen LogP contribution in [0.5, 0.6) is 0 Å². The lowest BCUT2D eigenvalue weighted by Crippen LogP contribution is -2.41. The van der Waals surface area contributed by atoms with E-state index >= 15 is 0 Å². The smallest absolute Gasteiger partial charge is 0.151 e. The Morgan fingerprint density at radius 2 is 2.08 bits per heavy atom. The van der Waals surface area contributed by atoms with E-state index in [4.69, 9.17) is 4.52 Å². The second kappa shape index (κ2) is 7.19. The highest BCUT2D eigenvalue weighted by Gasteiger charge is 2.24. The van der Waals surface area contributed by atoms with Crippen molar-refractivity contribution in [2.24, 2.45) is 0 Å². The quantitative estimate of drug-likeness (QED) is 0.715. The molecular formula is C19H23N5O. The molecule has 1 aliphatic heterocycles. The Balaban J connectivity index is 1.45. The normalized spacial score (nSPS) is 18.5. The van der Waals surface area contributed by atoms with Crippen LogP contribution in [-0.2, 0) is 13.1 Å². The molecule has 0 saturated carbocycles. The van der Waals surface area contributed by atoms with Gasteiger partial charge in [0.05, 0.1) is 13.1 Å². The number of likely N-dealkylation sites (tertiary alicyclic amines) is 1. The van der Waals surface area contributed by atoms with E-state index in [1.165, 1.54) is 24.8 Å². The van der Waals surface area contributed by atoms with Gasteiger partial charge in [0.15, 0.2) is 5.76 Å². The van der Waals surface area contributed by atoms with Crippen molar-refractivity contribution in [3.63, 3.8) is 0 Å². The van der Waals surface area contributed by atoms with Gasteiger partial charge in [-0.05, 0) is 26.3 Å². The van der Waals surface area contributed by atoms with E-state index in [0.717, 1.165) is 36.7 Å². The molecule has 1 atom stereocenters. The molecule has 1 aliphatic rings. The summed E-state index contributed by atoms with van der Waals surface area (Å²) in [4.78, 5) is 6.52. The molecule has 0 N–H and O–H groups in total. The Morgan fingerprint density at radius 3 is 2.88 bits per heavy atom. The third-order valence-electron chi connectivity index (χ3n) is 4.88. The average Bonchev–Trinajstić information content (AvgIpc) is 3.29. The van der Waals surface area contributed by atoms with Crippen molar-refractivity contribution in [2.75, 3.05) is 6.54 Å². The molecule has 0 spiro atoms. The number of aryl methyl sites for hydroxylation is 1. The second-order valence-corrected chi connectivity index (χ2v) is 6.78. The van der Waals surface area contributed by atoms with Crippen molar-refractivity contribution >= 4 is 0 Å². The zero-order valence-corrected chi connectivity index (χ0v) is 14.5. The summed E-state index contributed by atoms with van der Waals surface area (Å²) in [7, 11) is 0. The topological polar surface area (TPSA) is 60.0 Å². The van der Waals surface area contributed by atoms with Gasteiger partial charge in [0.1, 0.15) is 18.3 Å². The minimum absolute atomic E-state index is 0.461. The van der Waals surface area contributed by atoms with E-state index in [1.54, 1.807) is 12.7 Å². The molecule has 6 heteroatoms. The van der Waals surface area contributed by atoms with Crippen molar-refractivity contribution in [2.45, 2.75) is 45.3 Å². The maximum atomic E-state index is 5.61. The third kappa shape index (κ3) is 3.79. The van der Waals surface area contributed by atoms with Crippen molar-refractivity contribution in [1.29, 1.82) is 0 Å². The summed E-state index contributed by atoms with van der Waals surface area (Å²) in [5, 5.41) is 8.50. The maximum Gasteiger partial charge on any atom is 0.151 e. The minimum Gasteiger partial charge on any atom is -0.359 e. The summed E-state index contributed by atoms with van der Waals surface area (Å²) in [6, 6.07) is 10.9. The van der Waals surface area contributed by atoms with Gasteiger partial charge in [0.25, 0.3) is 0 Å². The molecule has 0 radical (unpaired) electrons. The highest BCUT2D eigenvalue weighted by molar-refractivity contribution is 5.59. The Labute approximate surface area is 147 Å². The van der Waals surface area contributed by atoms with Crippen LogP contribution in [0.1, 0.15) is 30.6 Å². The predicted octanol–water partition coefficient (Wildman–Crippen LogP) is 3.30. The third-order valence-corrected chi connectivity index (χ3v) is 4.88. The molecule has 2 aromatic heterocycles. The molecule has 3 aromatic rings. The van der Waals surface area contributed by atoms with Crippen molar-refractivity contribution in [3.8, 4) is 11.3 Å². The van der Waals surface area contributed by atoms with Crippen LogP contribution in [-0.4, -0.2) is 37.4 Å². The van der Waals surface area contributed by atoms with Gasteiger partial charge in [-0.3, -0.25) is 9.58 Å². The molecular weight excluding hydrogens is 314 g/mol. The summed E-state index contributed by atoms with van der Waals surface area (Å²) in [6.45, 7) is 4.83. The van der Waals surface area contributed by atoms with Crippen LogP contribution in [0.4, 0.5) is 0 Å². The van der Waals surface area contributed by atoms with Gasteiger partial charge >= 0.3 is 0 Å². The molecule has 1 saturated heterocycles. The number of nitrogens with zero attached hydrogens (tertiary/aromatic N) is 5. The van der Waals surface area contributed by atoms with Gasteiger partial charge in [-0.15, -0.1) is 0 Å². The van der Waals surface area contributed by atoms with Crippen LogP contribution >= 0.6 is 0 Å². The van der Waals surface area contributed by atoms with E-state index in [9.17, 15) is 0 Å². The molecule has 1 fully saturated rings. The van der Waals surface area contributed by atoms with Gasteiger partial charge in [-0.25, -0.2) is 4.98 Å². The Hall–Kier alpha value is -2.47. The first-order chi connectivity index (χ1) is 12.3. The lowest BCUT2D eigenvalue weighted by Gasteiger charge is -2.34. The van der Waals surface area contributed by atoms with Gasteiger partial charge in [-0.1, -0.05) is 41.4 Å². The van der Waals surface area contributed by atoms with Gasteiger partial charge in [0.2, 0.25) is 0 Å². The Morgan fingerprint density at radius 1 is 1.20 bits per heavy atom. The fourth-order valence-electron chi connectivity index (χ4n) is 3.47. The monoisotopic (exact) mass is 337 g/mol. The molecule has 0 aliphatic carbocycles. The van der Waals surface area contributed by atoms with E-state index in [-0.39, 0.29) is 0 Å². The number of piperidine rings is 1. The number of hydrogen-bond donors (Lipinski definition) is 0. The predicted molar refractivity (Wildman–Crippen MR) is 94.7 cm³/mol. The van der Waals surface area contributed by atoms with Crippen molar-refractivity contribution in [3.05, 3.63) is 54.3 Å². The number of aromatic nitrogens is 4. The standard InChI is InChI=1S/C19H23N5O/c1-15-5-7-16(8-6-15)19-10-18(25-22-19)12-23-9-3-2-4-17(23)11-24-14-20-13-21-24/h5-8,10,13-14,17H,2-4,9,11-12H2,1H3/t17-/m0/s1. The first-order valence-corrected chi connectivity index (χ1v) is 8.87. The second-order valence-electron chi connectivity index (χ2n) is 6.78. The van der Waals surface area contributed by atoms with E-state index in [0.29, 0.717) is 6.04 Å². The summed E-state index contributed by atoms with van der Waals surface area (Å²) >= 11 is 0. The first kappa shape index (κ1) is 16.0. The fraction of sp³-hybridized carbons (Fsp3) is 0.421. The van der Waals surface area contributed by atoms with Crippen LogP contribution in [0.15, 0.2) is 47.5 Å². The molecule has 1 aromatic carbocycles. The minimum atomic E-state index is 0.461. The van der Waals surface area contributed by atoms with Gasteiger partial charge < -0.3 is 4.52 Å². The first-order valence-electron chi connectivity index (χ1n) is 8.87. The number of rotatable bonds is 5. The van der Waals surface area contributed by atoms with Crippen molar-refractivity contribution < 1.29 is 4.52 Å². The molecule has 25 heavy (non-hydrogen) atoms. The van der Waals surface area contributed by atoms with Crippen LogP contribution in [0, 0.1) is 6.92 Å². The summed E-state index contributed by atoms with van der Waals surface area (Å²) < 4.78 is 7.53. The molecule has 4 rings (SSSR count). The molecule has 0 amide bonds. The number of hydrogen-bond acceptors (Lipinski definition) is 5. The molecule has 3 heterocycles. The largest absolute Gasteiger partial charge is 0.359 e. The summed E-state index contributed by atoms with van der Waals surface area (Å²) in [6.07, 6.45) is 7.06. The van der Waals surface area contributed by atoms with Crippen molar-refractivity contribution in [1.82, 2.24) is 24.8 Å². The van der Waals surface area contributed by atoms with Crippen LogP contribution in [0.25, 0.3) is 11.3 Å². The Bertz CT molecular complexity index is 794. The van der Waals surface area contributed by atoms with Gasteiger partial charge in [0, 0.05) is 17.7 Å². The zero-order chi connectivity index (χ0) is 17.1. The van der Waals surface area contributed by atoms with Gasteiger partial charge in [-0.2, -0.15) is 5.10 Å². The van der Waals surface area contributed by atoms with Crippen LogP contribution in [0.3, 0.4) is 0 Å². The SMILES string of the molecule is Cc1ccc(-c2cc(CN3CCCC[C@H]3Cn3cncn3)on2)cc1. The molecule has 130 valence electrons. The molecule has 0 unspecified atom stereocenters. The van der Waals surface area contributed by atoms with E-state index in [2.05, 4.69) is 57.4 Å². The van der Waals surface area contributed by atoms with Crippen LogP contribution < -0.4 is 0 Å². The summed E-state index contributed by atoms with van der Waals surface area (Å²) in [5.74, 6) is 0.918. The van der Waals surface area contributed by atoms with E-state index < -0.39 is 0 Å². The highest BCUT2D eigenvalue weighted by Crippen LogP contribution is 2.24. The highest BCUT2D eigenvalue weighted by atomic mass is 16.5. The maximum absolute atomic E-state index is 5.61. The summed E-state index contributed by atoms with van der Waals surface area (Å²) in [5.41, 5.74) is 3.25. The number of benzene rings is 1. The lowest BCUT2D eigenvalue weighted by molar-refractivity contribution is 0.110.